The molecule has 0 radical (unpaired) electrons. The molecule has 0 aliphatic carbocycles. The number of carboxylic acids is 1. The highest BCUT2D eigenvalue weighted by Gasteiger charge is 2.03. The topological polar surface area (TPSA) is 56.7 Å². The number of unbranched alkanes of at least 4 members (excludes halogenated alkanes) is 2. The van der Waals surface area contributed by atoms with Gasteiger partial charge in [-0.25, -0.2) is 0 Å². The number of hydrogen-bond donors (Lipinski definition) is 1. The lowest BCUT2D eigenvalue weighted by molar-refractivity contribution is -0.655. The number of hydrogen-bond acceptors (Lipinski definition) is 2. The lowest BCUT2D eigenvalue weighted by Gasteiger charge is -2.08. The number of nitrogens with two attached hydrogens (primary N) is 1. The summed E-state index contributed by atoms with van der Waals surface area (Å²) in [5.41, 5.74) is 0.244. The van der Waals surface area contributed by atoms with Crippen molar-refractivity contribution >= 4 is 27.5 Å². The van der Waals surface area contributed by atoms with Crippen molar-refractivity contribution in [1.29, 1.82) is 0 Å². The van der Waals surface area contributed by atoms with Gasteiger partial charge in [0, 0.05) is 5.56 Å². The molecular weight excluding hydrogens is 322 g/mol. The van der Waals surface area contributed by atoms with E-state index in [1.807, 2.05) is 42.5 Å². The first kappa shape index (κ1) is 19.9. The van der Waals surface area contributed by atoms with Gasteiger partial charge < -0.3 is 15.2 Å². The third-order valence-electron chi connectivity index (χ3n) is 4.49. The Morgan fingerprint density at radius 3 is 2.00 bits per heavy atom. The van der Waals surface area contributed by atoms with Crippen LogP contribution >= 0.6 is 0 Å². The Hall–Kier alpha value is -2.39. The van der Waals surface area contributed by atoms with Crippen molar-refractivity contribution in [2.45, 2.75) is 39.5 Å². The number of carbonyl (C=O) groups is 1. The molecule has 26 heavy (non-hydrogen) atoms. The van der Waals surface area contributed by atoms with Crippen molar-refractivity contribution in [2.24, 2.45) is 0 Å². The van der Waals surface area contributed by atoms with Gasteiger partial charge in [0.25, 0.3) is 0 Å². The molecule has 0 aliphatic rings. The number of fused-ring (bicyclic) bond motifs is 2. The van der Waals surface area contributed by atoms with Gasteiger partial charge in [-0.05, 0) is 46.5 Å². The fourth-order valence-electron chi connectivity index (χ4n) is 2.99. The van der Waals surface area contributed by atoms with Gasteiger partial charge >= 0.3 is 0 Å². The molecule has 0 fully saturated rings. The molecule has 0 aromatic heterocycles. The van der Waals surface area contributed by atoms with Crippen LogP contribution in [0.4, 0.5) is 0 Å². The zero-order valence-electron chi connectivity index (χ0n) is 15.8. The quantitative estimate of drug-likeness (QED) is 0.523. The molecule has 3 heteroatoms. The van der Waals surface area contributed by atoms with Crippen LogP contribution in [0.5, 0.6) is 0 Å². The molecule has 0 amide bonds. The highest BCUT2D eigenvalue weighted by Crippen LogP contribution is 2.25. The Kier molecular flexibility index (Phi) is 8.10. The first-order valence-electron chi connectivity index (χ1n) is 9.62. The van der Waals surface area contributed by atoms with Gasteiger partial charge in [-0.2, -0.15) is 0 Å². The molecule has 0 bridgehead atoms. The maximum Gasteiger partial charge on any atom is 0.0755 e. The second-order valence-electron chi connectivity index (χ2n) is 6.59. The highest BCUT2D eigenvalue weighted by atomic mass is 16.4. The molecule has 0 atom stereocenters. The molecule has 0 aliphatic heterocycles. The number of quaternary nitrogens is 1. The molecular formula is C23H29NO2. The first-order chi connectivity index (χ1) is 12.7. The van der Waals surface area contributed by atoms with Crippen molar-refractivity contribution in [3.63, 3.8) is 0 Å². The molecule has 0 saturated heterocycles. The number of carboxylic acid groups (broad SMARTS) is 1. The minimum atomic E-state index is -1.13. The lowest BCUT2D eigenvalue weighted by atomic mass is 10.00. The summed E-state index contributed by atoms with van der Waals surface area (Å²) in [6.45, 7) is 7.15. The lowest BCUT2D eigenvalue weighted by Crippen LogP contribution is -2.84. The number of aromatic carboxylic acids is 1. The summed E-state index contributed by atoms with van der Waals surface area (Å²) in [6.07, 6.45) is 5.43. The van der Waals surface area contributed by atoms with Gasteiger partial charge in [-0.1, -0.05) is 69.2 Å². The van der Waals surface area contributed by atoms with Crippen LogP contribution in [0.25, 0.3) is 21.5 Å². The molecule has 3 aromatic carbocycles. The van der Waals surface area contributed by atoms with Gasteiger partial charge in [0.1, 0.15) is 0 Å². The average Bonchev–Trinajstić information content (AvgIpc) is 2.66. The number of rotatable bonds is 7. The summed E-state index contributed by atoms with van der Waals surface area (Å²) in [5, 5.41) is 17.3. The fraction of sp³-hybridized carbons (Fsp3) is 0.348. The Balaban J connectivity index is 0.000000232. The minimum absolute atomic E-state index is 0.244. The maximum atomic E-state index is 11.0. The van der Waals surface area contributed by atoms with E-state index in [-0.39, 0.29) is 5.56 Å². The van der Waals surface area contributed by atoms with Gasteiger partial charge in [0.15, 0.2) is 0 Å². The molecule has 3 nitrogen and oxygen atoms in total. The molecule has 0 heterocycles. The van der Waals surface area contributed by atoms with Crippen LogP contribution in [-0.2, 0) is 0 Å². The predicted molar refractivity (Wildman–Crippen MR) is 107 cm³/mol. The summed E-state index contributed by atoms with van der Waals surface area (Å²) < 4.78 is 0. The van der Waals surface area contributed by atoms with Crippen LogP contribution < -0.4 is 10.4 Å². The zero-order valence-corrected chi connectivity index (χ0v) is 15.8. The van der Waals surface area contributed by atoms with Crippen LogP contribution in [0.2, 0.25) is 0 Å². The highest BCUT2D eigenvalue weighted by molar-refractivity contribution is 6.07. The molecule has 0 unspecified atom stereocenters. The van der Waals surface area contributed by atoms with Gasteiger partial charge in [0.2, 0.25) is 0 Å². The largest absolute Gasteiger partial charge is 0.545 e. The van der Waals surface area contributed by atoms with Gasteiger partial charge in [-0.15, -0.1) is 0 Å². The standard InChI is InChI=1S/C15H10O2.C8H19N/c16-15(17)13-7-3-6-12-8-10-4-1-2-5-11(10)9-14(12)13;1-3-5-7-9-8-6-4-2/h1-9H,(H,16,17);9H,3-8H2,1-2H3. The Labute approximate surface area is 156 Å². The normalized spacial score (nSPS) is 10.5. The van der Waals surface area contributed by atoms with Crippen molar-refractivity contribution in [2.75, 3.05) is 13.1 Å². The summed E-state index contributed by atoms with van der Waals surface area (Å²) in [4.78, 5) is 11.0. The van der Waals surface area contributed by atoms with E-state index in [1.54, 1.807) is 12.1 Å². The van der Waals surface area contributed by atoms with E-state index in [0.29, 0.717) is 0 Å². The van der Waals surface area contributed by atoms with E-state index in [2.05, 4.69) is 19.2 Å². The van der Waals surface area contributed by atoms with Crippen LogP contribution in [0.15, 0.2) is 54.6 Å². The van der Waals surface area contributed by atoms with Crippen molar-refractivity contribution in [3.05, 3.63) is 60.2 Å². The van der Waals surface area contributed by atoms with Gasteiger partial charge in [0.05, 0.1) is 19.1 Å². The SMILES string of the molecule is CCCC[NH2+]CCCC.O=C([O-])c1cccc2cc3ccccc3cc12. The van der Waals surface area contributed by atoms with Gasteiger partial charge in [-0.3, -0.25) is 0 Å². The molecule has 3 aromatic rings. The third-order valence-corrected chi connectivity index (χ3v) is 4.49. The number of carbonyl (C=O) groups excluding carboxylic acids is 1. The summed E-state index contributed by atoms with van der Waals surface area (Å²) in [7, 11) is 0. The molecule has 3 rings (SSSR count). The monoisotopic (exact) mass is 351 g/mol. The van der Waals surface area contributed by atoms with Crippen LogP contribution in [0, 0.1) is 0 Å². The van der Waals surface area contributed by atoms with E-state index in [4.69, 9.17) is 0 Å². The zero-order chi connectivity index (χ0) is 18.8. The summed E-state index contributed by atoms with van der Waals surface area (Å²) >= 11 is 0. The number of benzene rings is 3. The molecule has 138 valence electrons. The predicted octanol–water partition coefficient (Wildman–Crippen LogP) is 3.51. The van der Waals surface area contributed by atoms with Crippen molar-refractivity contribution in [3.8, 4) is 0 Å². The van der Waals surface area contributed by atoms with Crippen molar-refractivity contribution < 1.29 is 15.2 Å². The molecule has 2 N–H and O–H groups in total. The second kappa shape index (κ2) is 10.6. The summed E-state index contributed by atoms with van der Waals surface area (Å²) in [5.74, 6) is -1.13. The van der Waals surface area contributed by atoms with E-state index >= 15 is 0 Å². The van der Waals surface area contributed by atoms with E-state index in [0.717, 1.165) is 21.5 Å². The van der Waals surface area contributed by atoms with E-state index in [9.17, 15) is 9.90 Å². The van der Waals surface area contributed by atoms with E-state index < -0.39 is 5.97 Å². The van der Waals surface area contributed by atoms with Crippen LogP contribution in [-0.4, -0.2) is 19.1 Å². The molecule has 0 spiro atoms. The average molecular weight is 351 g/mol. The summed E-state index contributed by atoms with van der Waals surface area (Å²) in [6, 6.07) is 17.0. The third kappa shape index (κ3) is 5.57. The van der Waals surface area contributed by atoms with E-state index in [1.165, 1.54) is 38.8 Å². The van der Waals surface area contributed by atoms with Crippen molar-refractivity contribution in [1.82, 2.24) is 0 Å². The van der Waals surface area contributed by atoms with Crippen LogP contribution in [0.3, 0.4) is 0 Å². The Bertz CT molecular complexity index is 836. The Morgan fingerprint density at radius 1 is 0.846 bits per heavy atom. The first-order valence-corrected chi connectivity index (χ1v) is 9.62. The second-order valence-corrected chi connectivity index (χ2v) is 6.59. The van der Waals surface area contributed by atoms with Crippen LogP contribution in [0.1, 0.15) is 49.9 Å². The molecule has 0 saturated carbocycles. The smallest absolute Gasteiger partial charge is 0.0755 e. The Morgan fingerprint density at radius 2 is 1.42 bits per heavy atom. The minimum Gasteiger partial charge on any atom is -0.545 e. The fourth-order valence-corrected chi connectivity index (χ4v) is 2.99. The maximum absolute atomic E-state index is 11.0.